The largest absolute Gasteiger partial charge is 0.327 e. The van der Waals surface area contributed by atoms with Crippen LogP contribution in [0.1, 0.15) is 42.4 Å². The summed E-state index contributed by atoms with van der Waals surface area (Å²) in [5, 5.41) is 0. The first kappa shape index (κ1) is 9.41. The van der Waals surface area contributed by atoms with E-state index in [9.17, 15) is 0 Å². The summed E-state index contributed by atoms with van der Waals surface area (Å²) in [6, 6.07) is 7.35. The predicted molar refractivity (Wildman–Crippen MR) is 63.0 cm³/mol. The average molecular weight is 201 g/mol. The fourth-order valence-electron chi connectivity index (χ4n) is 3.40. The van der Waals surface area contributed by atoms with Crippen LogP contribution >= 0.6 is 0 Å². The number of hydrogen-bond acceptors (Lipinski definition) is 1. The van der Waals surface area contributed by atoms with Crippen LogP contribution in [0.4, 0.5) is 0 Å². The average Bonchev–Trinajstić information content (AvgIpc) is 2.15. The van der Waals surface area contributed by atoms with Crippen LogP contribution in [0.25, 0.3) is 0 Å². The Balaban J connectivity index is 2.12. The summed E-state index contributed by atoms with van der Waals surface area (Å²) >= 11 is 0. The minimum Gasteiger partial charge on any atom is -0.327 e. The summed E-state index contributed by atoms with van der Waals surface area (Å²) in [4.78, 5) is 0. The van der Waals surface area contributed by atoms with Crippen molar-refractivity contribution in [3.05, 3.63) is 34.9 Å². The second-order valence-electron chi connectivity index (χ2n) is 5.32. The lowest BCUT2D eigenvalue weighted by atomic mass is 9.56. The van der Waals surface area contributed by atoms with Gasteiger partial charge in [-0.1, -0.05) is 30.2 Å². The highest BCUT2D eigenvalue weighted by molar-refractivity contribution is 5.42. The molecule has 0 bridgehead atoms. The van der Waals surface area contributed by atoms with Gasteiger partial charge in [-0.15, -0.1) is 0 Å². The normalized spacial score (nSPS) is 27.2. The quantitative estimate of drug-likeness (QED) is 0.686. The van der Waals surface area contributed by atoms with E-state index in [2.05, 4.69) is 25.1 Å². The molecule has 3 rings (SSSR count). The molecule has 1 heteroatoms. The van der Waals surface area contributed by atoms with Gasteiger partial charge in [0.2, 0.25) is 0 Å². The number of hydrogen-bond donors (Lipinski definition) is 1. The number of benzene rings is 1. The van der Waals surface area contributed by atoms with Crippen LogP contribution in [-0.4, -0.2) is 6.04 Å². The first-order valence-electron chi connectivity index (χ1n) is 6.08. The van der Waals surface area contributed by atoms with Crippen molar-refractivity contribution < 1.29 is 0 Å². The van der Waals surface area contributed by atoms with Gasteiger partial charge in [0.05, 0.1) is 0 Å². The molecule has 1 fully saturated rings. The van der Waals surface area contributed by atoms with Gasteiger partial charge >= 0.3 is 0 Å². The Labute approximate surface area is 91.7 Å². The van der Waals surface area contributed by atoms with Crippen LogP contribution in [-0.2, 0) is 11.8 Å². The van der Waals surface area contributed by atoms with Gasteiger partial charge in [0.15, 0.2) is 0 Å². The molecule has 0 heterocycles. The van der Waals surface area contributed by atoms with Gasteiger partial charge in [0.1, 0.15) is 0 Å². The Morgan fingerprint density at radius 2 is 2.13 bits per heavy atom. The van der Waals surface area contributed by atoms with Crippen LogP contribution in [0.2, 0.25) is 0 Å². The lowest BCUT2D eigenvalue weighted by molar-refractivity contribution is 0.176. The van der Waals surface area contributed by atoms with Crippen LogP contribution in [0.5, 0.6) is 0 Å². The Morgan fingerprint density at radius 1 is 1.33 bits per heavy atom. The summed E-state index contributed by atoms with van der Waals surface area (Å²) in [7, 11) is 0. The number of aryl methyl sites for hydroxylation is 2. The minimum absolute atomic E-state index is 0.362. The van der Waals surface area contributed by atoms with Gasteiger partial charge in [-0.2, -0.15) is 0 Å². The maximum atomic E-state index is 6.33. The Hall–Kier alpha value is -0.820. The highest BCUT2D eigenvalue weighted by Crippen LogP contribution is 2.50. The standard InChI is InChI=1S/C14H19N/c1-10-3-5-12-11(9-10)4-6-13(15)14(12)7-2-8-14/h3,5,9,13H,2,4,6-8,15H2,1H3. The van der Waals surface area contributed by atoms with E-state index < -0.39 is 0 Å². The molecule has 1 unspecified atom stereocenters. The summed E-state index contributed by atoms with van der Waals surface area (Å²) in [5.41, 5.74) is 11.2. The van der Waals surface area contributed by atoms with E-state index in [0.29, 0.717) is 11.5 Å². The predicted octanol–water partition coefficient (Wildman–Crippen LogP) is 2.69. The number of nitrogens with two attached hydrogens (primary N) is 1. The van der Waals surface area contributed by atoms with Gasteiger partial charge in [-0.25, -0.2) is 0 Å². The van der Waals surface area contributed by atoms with Gasteiger partial charge in [-0.05, 0) is 43.7 Å². The molecule has 1 aromatic rings. The first-order valence-corrected chi connectivity index (χ1v) is 6.08. The second kappa shape index (κ2) is 3.08. The molecule has 80 valence electrons. The molecule has 15 heavy (non-hydrogen) atoms. The molecule has 0 saturated heterocycles. The molecule has 1 saturated carbocycles. The molecule has 0 aromatic heterocycles. The zero-order valence-electron chi connectivity index (χ0n) is 9.42. The van der Waals surface area contributed by atoms with Crippen molar-refractivity contribution in [3.8, 4) is 0 Å². The maximum Gasteiger partial charge on any atom is 0.0140 e. The number of rotatable bonds is 0. The zero-order valence-corrected chi connectivity index (χ0v) is 9.42. The molecular weight excluding hydrogens is 182 g/mol. The molecule has 1 atom stereocenters. The summed E-state index contributed by atoms with van der Waals surface area (Å²) < 4.78 is 0. The Bertz CT molecular complexity index is 390. The molecular formula is C14H19N. The van der Waals surface area contributed by atoms with Crippen molar-refractivity contribution in [1.29, 1.82) is 0 Å². The van der Waals surface area contributed by atoms with E-state index in [4.69, 9.17) is 5.73 Å². The van der Waals surface area contributed by atoms with Crippen molar-refractivity contribution in [2.75, 3.05) is 0 Å². The molecule has 1 spiro atoms. The monoisotopic (exact) mass is 201 g/mol. The summed E-state index contributed by atoms with van der Waals surface area (Å²) in [5.74, 6) is 0. The molecule has 1 aromatic carbocycles. The Kier molecular flexibility index (Phi) is 1.93. The summed E-state index contributed by atoms with van der Waals surface area (Å²) in [6.07, 6.45) is 6.34. The molecule has 2 aliphatic carbocycles. The fraction of sp³-hybridized carbons (Fsp3) is 0.571. The van der Waals surface area contributed by atoms with E-state index in [1.165, 1.54) is 37.7 Å². The van der Waals surface area contributed by atoms with Gasteiger partial charge < -0.3 is 5.73 Å². The molecule has 2 N–H and O–H groups in total. The van der Waals surface area contributed by atoms with Crippen LogP contribution in [0.3, 0.4) is 0 Å². The molecule has 0 aliphatic heterocycles. The smallest absolute Gasteiger partial charge is 0.0140 e. The van der Waals surface area contributed by atoms with E-state index in [1.807, 2.05) is 0 Å². The van der Waals surface area contributed by atoms with E-state index >= 15 is 0 Å². The minimum atomic E-state index is 0.362. The van der Waals surface area contributed by atoms with Crippen molar-refractivity contribution >= 4 is 0 Å². The highest BCUT2D eigenvalue weighted by atomic mass is 14.7. The van der Waals surface area contributed by atoms with Crippen molar-refractivity contribution in [1.82, 2.24) is 0 Å². The third-order valence-corrected chi connectivity index (χ3v) is 4.48. The SMILES string of the molecule is Cc1ccc2c(c1)CCC(N)C21CCC1. The topological polar surface area (TPSA) is 26.0 Å². The number of fused-ring (bicyclic) bond motifs is 2. The highest BCUT2D eigenvalue weighted by Gasteiger charge is 2.46. The summed E-state index contributed by atoms with van der Waals surface area (Å²) in [6.45, 7) is 2.18. The fourth-order valence-corrected chi connectivity index (χ4v) is 3.40. The van der Waals surface area contributed by atoms with Crippen molar-refractivity contribution in [2.45, 2.75) is 50.5 Å². The Morgan fingerprint density at radius 3 is 2.80 bits per heavy atom. The van der Waals surface area contributed by atoms with Gasteiger partial charge in [0.25, 0.3) is 0 Å². The third-order valence-electron chi connectivity index (χ3n) is 4.48. The first-order chi connectivity index (χ1) is 7.22. The molecule has 1 nitrogen and oxygen atoms in total. The zero-order chi connectivity index (χ0) is 10.5. The maximum absolute atomic E-state index is 6.33. The molecule has 0 radical (unpaired) electrons. The van der Waals surface area contributed by atoms with Crippen LogP contribution in [0, 0.1) is 6.92 Å². The third kappa shape index (κ3) is 1.19. The molecule has 2 aliphatic rings. The van der Waals surface area contributed by atoms with Crippen LogP contribution in [0.15, 0.2) is 18.2 Å². The second-order valence-corrected chi connectivity index (χ2v) is 5.32. The lowest BCUT2D eigenvalue weighted by Gasteiger charge is -2.50. The van der Waals surface area contributed by atoms with Gasteiger partial charge in [0, 0.05) is 11.5 Å². The van der Waals surface area contributed by atoms with Crippen molar-refractivity contribution in [2.24, 2.45) is 5.73 Å². The molecule has 0 amide bonds. The van der Waals surface area contributed by atoms with Crippen LogP contribution < -0.4 is 5.73 Å². The van der Waals surface area contributed by atoms with E-state index in [0.717, 1.165) is 0 Å². The van der Waals surface area contributed by atoms with Crippen molar-refractivity contribution in [3.63, 3.8) is 0 Å². The van der Waals surface area contributed by atoms with E-state index in [-0.39, 0.29) is 0 Å². The van der Waals surface area contributed by atoms with E-state index in [1.54, 1.807) is 11.1 Å². The van der Waals surface area contributed by atoms with Gasteiger partial charge in [-0.3, -0.25) is 0 Å². The lowest BCUT2D eigenvalue weighted by Crippen LogP contribution is -2.53.